The molecule has 1 aromatic carbocycles. The summed E-state index contributed by atoms with van der Waals surface area (Å²) in [6.07, 6.45) is 1.67. The first-order valence-corrected chi connectivity index (χ1v) is 6.75. The molecule has 2 atom stereocenters. The molecule has 0 aliphatic carbocycles. The van der Waals surface area contributed by atoms with Crippen molar-refractivity contribution in [2.75, 3.05) is 6.61 Å². The second-order valence-corrected chi connectivity index (χ2v) is 4.75. The van der Waals surface area contributed by atoms with E-state index in [0.717, 1.165) is 5.56 Å². The van der Waals surface area contributed by atoms with Gasteiger partial charge in [-0.05, 0) is 31.9 Å². The van der Waals surface area contributed by atoms with Crippen molar-refractivity contribution in [2.45, 2.75) is 26.4 Å². The standard InChI is InChI=1S/C16H18O4/c1-3-19-16(18)14-10-13(15(17)20-11(14)2)9-12-7-5-4-6-8-12/h4-9,11,14H,3,10H2,1-2H3/b13-9+. The second kappa shape index (κ2) is 6.37. The molecule has 106 valence electrons. The molecule has 4 nitrogen and oxygen atoms in total. The third kappa shape index (κ3) is 3.26. The van der Waals surface area contributed by atoms with Crippen LogP contribution < -0.4 is 0 Å². The zero-order chi connectivity index (χ0) is 14.5. The Kier molecular flexibility index (Phi) is 4.56. The van der Waals surface area contributed by atoms with Crippen molar-refractivity contribution < 1.29 is 19.1 Å². The zero-order valence-corrected chi connectivity index (χ0v) is 11.7. The van der Waals surface area contributed by atoms with Crippen LogP contribution in [-0.2, 0) is 19.1 Å². The molecule has 4 heteroatoms. The largest absolute Gasteiger partial charge is 0.466 e. The summed E-state index contributed by atoms with van der Waals surface area (Å²) >= 11 is 0. The lowest BCUT2D eigenvalue weighted by Crippen LogP contribution is -2.37. The summed E-state index contributed by atoms with van der Waals surface area (Å²) in [5.74, 6) is -1.10. The summed E-state index contributed by atoms with van der Waals surface area (Å²) < 4.78 is 10.3. The number of benzene rings is 1. The van der Waals surface area contributed by atoms with Gasteiger partial charge in [-0.1, -0.05) is 30.3 Å². The van der Waals surface area contributed by atoms with Crippen molar-refractivity contribution in [3.63, 3.8) is 0 Å². The number of cyclic esters (lactones) is 1. The van der Waals surface area contributed by atoms with Crippen LogP contribution in [0.4, 0.5) is 0 Å². The van der Waals surface area contributed by atoms with Gasteiger partial charge >= 0.3 is 11.9 Å². The average molecular weight is 274 g/mol. The van der Waals surface area contributed by atoms with Gasteiger partial charge in [0.15, 0.2) is 0 Å². The van der Waals surface area contributed by atoms with Crippen LogP contribution in [0.15, 0.2) is 35.9 Å². The molecule has 0 aromatic heterocycles. The fourth-order valence-corrected chi connectivity index (χ4v) is 2.21. The molecular formula is C16H18O4. The molecule has 0 amide bonds. The Bertz CT molecular complexity index is 519. The van der Waals surface area contributed by atoms with Crippen LogP contribution >= 0.6 is 0 Å². The quantitative estimate of drug-likeness (QED) is 0.628. The van der Waals surface area contributed by atoms with E-state index in [1.807, 2.05) is 30.3 Å². The van der Waals surface area contributed by atoms with Crippen LogP contribution in [0.1, 0.15) is 25.8 Å². The SMILES string of the molecule is CCOC(=O)C1C/C(=C\c2ccccc2)C(=O)OC1C. The lowest BCUT2D eigenvalue weighted by Gasteiger charge is -2.28. The molecule has 1 aliphatic heterocycles. The van der Waals surface area contributed by atoms with Crippen LogP contribution in [-0.4, -0.2) is 24.6 Å². The highest BCUT2D eigenvalue weighted by molar-refractivity contribution is 5.96. The lowest BCUT2D eigenvalue weighted by molar-refractivity contribution is -0.162. The fourth-order valence-electron chi connectivity index (χ4n) is 2.21. The number of hydrogen-bond donors (Lipinski definition) is 0. The van der Waals surface area contributed by atoms with Crippen molar-refractivity contribution in [2.24, 2.45) is 5.92 Å². The van der Waals surface area contributed by atoms with Gasteiger partial charge in [0, 0.05) is 5.57 Å². The molecule has 1 fully saturated rings. The van der Waals surface area contributed by atoms with Gasteiger partial charge in [0.25, 0.3) is 0 Å². The predicted molar refractivity (Wildman–Crippen MR) is 74.7 cm³/mol. The third-order valence-corrected chi connectivity index (χ3v) is 3.29. The maximum atomic E-state index is 11.9. The van der Waals surface area contributed by atoms with E-state index in [0.29, 0.717) is 18.6 Å². The number of ether oxygens (including phenoxy) is 2. The first-order valence-electron chi connectivity index (χ1n) is 6.75. The summed E-state index contributed by atoms with van der Waals surface area (Å²) in [6.45, 7) is 3.81. The van der Waals surface area contributed by atoms with E-state index in [9.17, 15) is 9.59 Å². The van der Waals surface area contributed by atoms with Gasteiger partial charge in [0.2, 0.25) is 0 Å². The van der Waals surface area contributed by atoms with Crippen LogP contribution in [0.25, 0.3) is 6.08 Å². The molecule has 0 bridgehead atoms. The monoisotopic (exact) mass is 274 g/mol. The van der Waals surface area contributed by atoms with E-state index in [1.165, 1.54) is 0 Å². The molecule has 1 saturated heterocycles. The number of rotatable bonds is 3. The van der Waals surface area contributed by atoms with Crippen LogP contribution in [0.5, 0.6) is 0 Å². The Morgan fingerprint density at radius 3 is 2.75 bits per heavy atom. The highest BCUT2D eigenvalue weighted by Gasteiger charge is 2.36. The molecule has 2 unspecified atom stereocenters. The van der Waals surface area contributed by atoms with Crippen molar-refractivity contribution in [1.29, 1.82) is 0 Å². The molecule has 1 aromatic rings. The molecule has 0 radical (unpaired) electrons. The smallest absolute Gasteiger partial charge is 0.334 e. The highest BCUT2D eigenvalue weighted by atomic mass is 16.6. The minimum Gasteiger partial charge on any atom is -0.466 e. The molecule has 0 N–H and O–H groups in total. The Labute approximate surface area is 118 Å². The molecule has 20 heavy (non-hydrogen) atoms. The Morgan fingerprint density at radius 2 is 2.10 bits per heavy atom. The summed E-state index contributed by atoms with van der Waals surface area (Å²) in [6, 6.07) is 9.50. The van der Waals surface area contributed by atoms with Crippen LogP contribution in [0.2, 0.25) is 0 Å². The van der Waals surface area contributed by atoms with Gasteiger partial charge in [0.05, 0.1) is 12.5 Å². The van der Waals surface area contributed by atoms with Crippen molar-refractivity contribution in [3.05, 3.63) is 41.5 Å². The molecular weight excluding hydrogens is 256 g/mol. The van der Waals surface area contributed by atoms with Gasteiger partial charge in [-0.15, -0.1) is 0 Å². The second-order valence-electron chi connectivity index (χ2n) is 4.75. The number of esters is 2. The zero-order valence-electron chi connectivity index (χ0n) is 11.7. The normalized spacial score (nSPS) is 24.3. The van der Waals surface area contributed by atoms with E-state index in [2.05, 4.69) is 0 Å². The molecule has 0 spiro atoms. The fraction of sp³-hybridized carbons (Fsp3) is 0.375. The summed E-state index contributed by atoms with van der Waals surface area (Å²) in [5, 5.41) is 0. The average Bonchev–Trinajstić information content (AvgIpc) is 2.43. The summed E-state index contributed by atoms with van der Waals surface area (Å²) in [7, 11) is 0. The Hall–Kier alpha value is -2.10. The number of hydrogen-bond acceptors (Lipinski definition) is 4. The molecule has 2 rings (SSSR count). The molecule has 0 saturated carbocycles. The predicted octanol–water partition coefficient (Wildman–Crippen LogP) is 2.58. The van der Waals surface area contributed by atoms with Crippen molar-refractivity contribution in [1.82, 2.24) is 0 Å². The van der Waals surface area contributed by atoms with Gasteiger partial charge in [-0.2, -0.15) is 0 Å². The van der Waals surface area contributed by atoms with Gasteiger partial charge < -0.3 is 9.47 Å². The van der Waals surface area contributed by atoms with Gasteiger partial charge in [-0.3, -0.25) is 4.79 Å². The van der Waals surface area contributed by atoms with Crippen LogP contribution in [0.3, 0.4) is 0 Å². The van der Waals surface area contributed by atoms with E-state index >= 15 is 0 Å². The maximum absolute atomic E-state index is 11.9. The summed E-state index contributed by atoms with van der Waals surface area (Å²) in [5.41, 5.74) is 1.42. The van der Waals surface area contributed by atoms with Crippen molar-refractivity contribution in [3.8, 4) is 0 Å². The van der Waals surface area contributed by atoms with E-state index in [-0.39, 0.29) is 11.9 Å². The Balaban J connectivity index is 2.19. The van der Waals surface area contributed by atoms with Crippen LogP contribution in [0, 0.1) is 5.92 Å². The Morgan fingerprint density at radius 1 is 1.40 bits per heavy atom. The highest BCUT2D eigenvalue weighted by Crippen LogP contribution is 2.28. The van der Waals surface area contributed by atoms with Gasteiger partial charge in [0.1, 0.15) is 6.10 Å². The third-order valence-electron chi connectivity index (χ3n) is 3.29. The summed E-state index contributed by atoms with van der Waals surface area (Å²) in [4.78, 5) is 23.8. The molecule has 1 heterocycles. The van der Waals surface area contributed by atoms with E-state index in [4.69, 9.17) is 9.47 Å². The minimum absolute atomic E-state index is 0.313. The maximum Gasteiger partial charge on any atom is 0.334 e. The molecule has 1 aliphatic rings. The first-order chi connectivity index (χ1) is 9.61. The number of carbonyl (C=O) groups is 2. The lowest BCUT2D eigenvalue weighted by atomic mass is 9.91. The van der Waals surface area contributed by atoms with Crippen molar-refractivity contribution >= 4 is 18.0 Å². The minimum atomic E-state index is -0.450. The number of carbonyl (C=O) groups excluding carboxylic acids is 2. The van der Waals surface area contributed by atoms with Gasteiger partial charge in [-0.25, -0.2) is 4.79 Å². The van der Waals surface area contributed by atoms with E-state index < -0.39 is 12.0 Å². The first kappa shape index (κ1) is 14.3. The van der Waals surface area contributed by atoms with E-state index in [1.54, 1.807) is 19.9 Å². The topological polar surface area (TPSA) is 52.6 Å².